The lowest BCUT2D eigenvalue weighted by atomic mass is 10.3. The summed E-state index contributed by atoms with van der Waals surface area (Å²) in [4.78, 5) is 30.5. The Hall–Kier alpha value is -2.37. The molecule has 3 N–H and O–H groups in total. The second-order valence-electron chi connectivity index (χ2n) is 5.32. The van der Waals surface area contributed by atoms with Crippen LogP contribution in [-0.4, -0.2) is 28.3 Å². The molecular weight excluding hydrogens is 268 g/mol. The van der Waals surface area contributed by atoms with Crippen molar-refractivity contribution < 1.29 is 9.59 Å². The Labute approximate surface area is 122 Å². The number of nitrogens with one attached hydrogen (secondary N) is 3. The fourth-order valence-corrected chi connectivity index (χ4v) is 2.16. The van der Waals surface area contributed by atoms with Crippen LogP contribution in [0, 0.1) is 5.92 Å². The number of aromatic amines is 1. The first-order valence-electron chi connectivity index (χ1n) is 7.25. The topological polar surface area (TPSA) is 86.9 Å². The lowest BCUT2D eigenvalue weighted by molar-refractivity contribution is -0.122. The maximum atomic E-state index is 11.8. The molecule has 0 radical (unpaired) electrons. The van der Waals surface area contributed by atoms with Gasteiger partial charge < -0.3 is 10.3 Å². The van der Waals surface area contributed by atoms with Crippen LogP contribution >= 0.6 is 0 Å². The minimum Gasteiger partial charge on any atom is -0.356 e. The zero-order chi connectivity index (χ0) is 14.7. The third-order valence-corrected chi connectivity index (χ3v) is 3.48. The molecule has 0 spiro atoms. The molecule has 1 aromatic carbocycles. The fourth-order valence-electron chi connectivity index (χ4n) is 2.16. The predicted octanol–water partition coefficient (Wildman–Crippen LogP) is 1.81. The molecule has 110 valence electrons. The van der Waals surface area contributed by atoms with Crippen molar-refractivity contribution in [3.05, 3.63) is 24.3 Å². The van der Waals surface area contributed by atoms with Gasteiger partial charge in [0.25, 0.3) is 0 Å². The fraction of sp³-hybridized carbons (Fsp3) is 0.400. The zero-order valence-corrected chi connectivity index (χ0v) is 11.7. The van der Waals surface area contributed by atoms with E-state index in [4.69, 9.17) is 0 Å². The molecule has 1 aliphatic rings. The smallest absolute Gasteiger partial charge is 0.226 e. The van der Waals surface area contributed by atoms with Crippen LogP contribution in [0.2, 0.25) is 0 Å². The number of para-hydroxylation sites is 2. The number of carbonyl (C=O) groups is 2. The average molecular weight is 286 g/mol. The first-order valence-corrected chi connectivity index (χ1v) is 7.25. The van der Waals surface area contributed by atoms with E-state index in [9.17, 15) is 9.59 Å². The van der Waals surface area contributed by atoms with E-state index in [0.717, 1.165) is 23.9 Å². The molecule has 1 heterocycles. The SMILES string of the molecule is O=C(CCCNC(=O)C1CC1)Nc1nc2ccccc2[nH]1. The minimum atomic E-state index is -0.102. The van der Waals surface area contributed by atoms with Crippen molar-refractivity contribution in [2.75, 3.05) is 11.9 Å². The van der Waals surface area contributed by atoms with Crippen molar-refractivity contribution >= 4 is 28.8 Å². The highest BCUT2D eigenvalue weighted by Crippen LogP contribution is 2.28. The highest BCUT2D eigenvalue weighted by Gasteiger charge is 2.28. The Balaban J connectivity index is 1.42. The molecule has 6 nitrogen and oxygen atoms in total. The van der Waals surface area contributed by atoms with E-state index in [2.05, 4.69) is 20.6 Å². The molecule has 0 unspecified atom stereocenters. The summed E-state index contributed by atoms with van der Waals surface area (Å²) < 4.78 is 0. The van der Waals surface area contributed by atoms with E-state index in [1.807, 2.05) is 24.3 Å². The van der Waals surface area contributed by atoms with E-state index < -0.39 is 0 Å². The molecule has 1 aromatic heterocycles. The van der Waals surface area contributed by atoms with Crippen molar-refractivity contribution in [1.82, 2.24) is 15.3 Å². The van der Waals surface area contributed by atoms with Crippen molar-refractivity contribution in [3.8, 4) is 0 Å². The van der Waals surface area contributed by atoms with Gasteiger partial charge in [-0.2, -0.15) is 0 Å². The lowest BCUT2D eigenvalue weighted by Crippen LogP contribution is -2.26. The normalized spacial score (nSPS) is 14.1. The summed E-state index contributed by atoms with van der Waals surface area (Å²) in [6.07, 6.45) is 2.99. The van der Waals surface area contributed by atoms with Crippen LogP contribution < -0.4 is 10.6 Å². The quantitative estimate of drug-likeness (QED) is 0.708. The standard InChI is InChI=1S/C15H18N4O2/c20-13(6-3-9-16-14(21)10-7-8-10)19-15-17-11-4-1-2-5-12(11)18-15/h1-2,4-5,10H,3,6-9H2,(H,16,21)(H2,17,18,19,20). The second-order valence-corrected chi connectivity index (χ2v) is 5.32. The van der Waals surface area contributed by atoms with Gasteiger partial charge in [0.05, 0.1) is 11.0 Å². The number of benzene rings is 1. The molecule has 0 atom stereocenters. The zero-order valence-electron chi connectivity index (χ0n) is 11.7. The number of aromatic nitrogens is 2. The van der Waals surface area contributed by atoms with Gasteiger partial charge in [0.1, 0.15) is 0 Å². The van der Waals surface area contributed by atoms with Crippen LogP contribution in [-0.2, 0) is 9.59 Å². The summed E-state index contributed by atoms with van der Waals surface area (Å²) in [5.74, 6) is 0.694. The number of imidazole rings is 1. The van der Waals surface area contributed by atoms with E-state index in [0.29, 0.717) is 25.3 Å². The molecule has 2 amide bonds. The highest BCUT2D eigenvalue weighted by atomic mass is 16.2. The minimum absolute atomic E-state index is 0.102. The number of rotatable bonds is 6. The Bertz CT molecular complexity index is 627. The number of hydrogen-bond acceptors (Lipinski definition) is 3. The molecule has 0 aliphatic heterocycles. The molecule has 1 aliphatic carbocycles. The summed E-state index contributed by atoms with van der Waals surface area (Å²) >= 11 is 0. The van der Waals surface area contributed by atoms with E-state index in [1.165, 1.54) is 0 Å². The van der Waals surface area contributed by atoms with E-state index >= 15 is 0 Å². The van der Waals surface area contributed by atoms with Gasteiger partial charge in [-0.3, -0.25) is 14.9 Å². The number of carbonyl (C=O) groups excluding carboxylic acids is 2. The van der Waals surface area contributed by atoms with Crippen molar-refractivity contribution in [3.63, 3.8) is 0 Å². The van der Waals surface area contributed by atoms with E-state index in [1.54, 1.807) is 0 Å². The number of H-pyrrole nitrogens is 1. The van der Waals surface area contributed by atoms with E-state index in [-0.39, 0.29) is 17.7 Å². The Morgan fingerprint density at radius 2 is 2.10 bits per heavy atom. The maximum absolute atomic E-state index is 11.8. The average Bonchev–Trinajstić information content (AvgIpc) is 3.24. The third kappa shape index (κ3) is 3.59. The molecular formula is C15H18N4O2. The molecule has 21 heavy (non-hydrogen) atoms. The van der Waals surface area contributed by atoms with Gasteiger partial charge in [0.2, 0.25) is 17.8 Å². The van der Waals surface area contributed by atoms with Gasteiger partial charge in [-0.25, -0.2) is 4.98 Å². The molecule has 0 bridgehead atoms. The number of nitrogens with zero attached hydrogens (tertiary/aromatic N) is 1. The molecule has 3 rings (SSSR count). The van der Waals surface area contributed by atoms with Crippen LogP contribution in [0.5, 0.6) is 0 Å². The summed E-state index contributed by atoms with van der Waals surface area (Å²) in [7, 11) is 0. The van der Waals surface area contributed by atoms with Crippen LogP contribution in [0.3, 0.4) is 0 Å². The van der Waals surface area contributed by atoms with Crippen molar-refractivity contribution in [1.29, 1.82) is 0 Å². The van der Waals surface area contributed by atoms with Gasteiger partial charge in [-0.15, -0.1) is 0 Å². The molecule has 2 aromatic rings. The van der Waals surface area contributed by atoms with Gasteiger partial charge in [0.15, 0.2) is 0 Å². The highest BCUT2D eigenvalue weighted by molar-refractivity contribution is 5.91. The third-order valence-electron chi connectivity index (χ3n) is 3.48. The number of amides is 2. The molecule has 6 heteroatoms. The summed E-state index contributed by atoms with van der Waals surface area (Å²) in [5, 5.41) is 5.58. The Kier molecular flexibility index (Phi) is 3.85. The van der Waals surface area contributed by atoms with Crippen LogP contribution in [0.15, 0.2) is 24.3 Å². The van der Waals surface area contributed by atoms with Gasteiger partial charge in [-0.05, 0) is 31.4 Å². The largest absolute Gasteiger partial charge is 0.356 e. The first kappa shape index (κ1) is 13.6. The van der Waals surface area contributed by atoms with Crippen LogP contribution in [0.25, 0.3) is 11.0 Å². The monoisotopic (exact) mass is 286 g/mol. The second kappa shape index (κ2) is 5.95. The maximum Gasteiger partial charge on any atom is 0.226 e. The molecule has 0 saturated heterocycles. The number of hydrogen-bond donors (Lipinski definition) is 3. The van der Waals surface area contributed by atoms with Gasteiger partial charge in [0, 0.05) is 18.9 Å². The number of fused-ring (bicyclic) bond motifs is 1. The van der Waals surface area contributed by atoms with Gasteiger partial charge in [-0.1, -0.05) is 12.1 Å². The summed E-state index contributed by atoms with van der Waals surface area (Å²) in [6.45, 7) is 0.545. The predicted molar refractivity (Wildman–Crippen MR) is 79.7 cm³/mol. The Morgan fingerprint density at radius 1 is 1.29 bits per heavy atom. The molecule has 1 saturated carbocycles. The molecule has 1 fully saturated rings. The van der Waals surface area contributed by atoms with Crippen LogP contribution in [0.1, 0.15) is 25.7 Å². The lowest BCUT2D eigenvalue weighted by Gasteiger charge is -2.04. The van der Waals surface area contributed by atoms with Crippen molar-refractivity contribution in [2.45, 2.75) is 25.7 Å². The van der Waals surface area contributed by atoms with Crippen molar-refractivity contribution in [2.24, 2.45) is 5.92 Å². The summed E-state index contributed by atoms with van der Waals surface area (Å²) in [6, 6.07) is 7.60. The first-order chi connectivity index (χ1) is 10.2. The Morgan fingerprint density at radius 3 is 2.86 bits per heavy atom. The van der Waals surface area contributed by atoms with Gasteiger partial charge >= 0.3 is 0 Å². The number of anilines is 1. The van der Waals surface area contributed by atoms with Crippen LogP contribution in [0.4, 0.5) is 5.95 Å². The summed E-state index contributed by atoms with van der Waals surface area (Å²) in [5.41, 5.74) is 1.72.